The molecule has 2 aromatic rings. The van der Waals surface area contributed by atoms with Crippen LogP contribution in [0.2, 0.25) is 5.02 Å². The Kier molecular flexibility index (Phi) is 2.80. The van der Waals surface area contributed by atoms with Gasteiger partial charge in [-0.15, -0.1) is 0 Å². The maximum absolute atomic E-state index is 10.1. The molecule has 0 spiro atoms. The highest BCUT2D eigenvalue weighted by molar-refractivity contribution is 6.30. The zero-order valence-corrected chi connectivity index (χ0v) is 9.12. The van der Waals surface area contributed by atoms with Gasteiger partial charge in [0.05, 0.1) is 0 Å². The first-order chi connectivity index (χ1) is 7.16. The lowest BCUT2D eigenvalue weighted by Gasteiger charge is -2.10. The number of aliphatic hydroxyl groups excluding tert-OH is 1. The third kappa shape index (κ3) is 2.22. The molecule has 0 aliphatic carbocycles. The van der Waals surface area contributed by atoms with E-state index in [1.165, 1.54) is 0 Å². The van der Waals surface area contributed by atoms with Gasteiger partial charge in [0, 0.05) is 23.0 Å². The van der Waals surface area contributed by atoms with Gasteiger partial charge in [-0.25, -0.2) is 0 Å². The highest BCUT2D eigenvalue weighted by Crippen LogP contribution is 2.25. The number of hydrogen-bond donors (Lipinski definition) is 2. The Labute approximate surface area is 93.5 Å². The van der Waals surface area contributed by atoms with Gasteiger partial charge in [0.15, 0.2) is 0 Å². The maximum atomic E-state index is 10.1. The molecule has 3 heteroatoms. The molecule has 1 aromatic heterocycles. The predicted octanol–water partition coefficient (Wildman–Crippen LogP) is 3.06. The summed E-state index contributed by atoms with van der Waals surface area (Å²) in [6.07, 6.45) is 2.95. The fourth-order valence-corrected chi connectivity index (χ4v) is 1.92. The van der Waals surface area contributed by atoms with E-state index in [9.17, 15) is 5.11 Å². The molecule has 2 nitrogen and oxygen atoms in total. The smallest absolute Gasteiger partial charge is 0.106 e. The number of hydrogen-bond acceptors (Lipinski definition) is 1. The van der Waals surface area contributed by atoms with Crippen molar-refractivity contribution < 1.29 is 5.11 Å². The van der Waals surface area contributed by atoms with Crippen LogP contribution in [-0.2, 0) is 0 Å². The molecule has 15 heavy (non-hydrogen) atoms. The number of aryl methyl sites for hydroxylation is 1. The fourth-order valence-electron chi connectivity index (χ4n) is 1.62. The van der Waals surface area contributed by atoms with E-state index >= 15 is 0 Å². The van der Waals surface area contributed by atoms with Crippen molar-refractivity contribution in [1.82, 2.24) is 4.98 Å². The average molecular weight is 222 g/mol. The van der Waals surface area contributed by atoms with Crippen LogP contribution in [0.5, 0.6) is 0 Å². The normalized spacial score (nSPS) is 12.7. The average Bonchev–Trinajstić information content (AvgIpc) is 2.67. The van der Waals surface area contributed by atoms with Crippen molar-refractivity contribution in [3.8, 4) is 0 Å². The van der Waals surface area contributed by atoms with Gasteiger partial charge in [0.1, 0.15) is 6.10 Å². The van der Waals surface area contributed by atoms with Crippen molar-refractivity contribution in [2.75, 3.05) is 0 Å². The van der Waals surface area contributed by atoms with Crippen molar-refractivity contribution >= 4 is 11.6 Å². The van der Waals surface area contributed by atoms with Gasteiger partial charge in [-0.05, 0) is 36.2 Å². The topological polar surface area (TPSA) is 36.0 Å². The standard InChI is InChI=1S/C12H12ClNO/c1-8-4-10(6-11(13)5-8)12(15)9-2-3-14-7-9/h2-7,12,14-15H,1H3. The number of benzene rings is 1. The molecule has 1 atom stereocenters. The molecule has 2 N–H and O–H groups in total. The quantitative estimate of drug-likeness (QED) is 0.804. The summed E-state index contributed by atoms with van der Waals surface area (Å²) in [4.78, 5) is 2.92. The van der Waals surface area contributed by atoms with Gasteiger partial charge in [0.2, 0.25) is 0 Å². The fraction of sp³-hybridized carbons (Fsp3) is 0.167. The highest BCUT2D eigenvalue weighted by atomic mass is 35.5. The number of aliphatic hydroxyl groups is 1. The SMILES string of the molecule is Cc1cc(Cl)cc(C(O)c2cc[nH]c2)c1. The first-order valence-electron chi connectivity index (χ1n) is 4.74. The summed E-state index contributed by atoms with van der Waals surface area (Å²) >= 11 is 5.94. The van der Waals surface area contributed by atoms with Crippen molar-refractivity contribution in [2.24, 2.45) is 0 Å². The lowest BCUT2D eigenvalue weighted by atomic mass is 10.0. The van der Waals surface area contributed by atoms with Crippen LogP contribution in [0.15, 0.2) is 36.7 Å². The van der Waals surface area contributed by atoms with E-state index in [4.69, 9.17) is 11.6 Å². The van der Waals surface area contributed by atoms with Crippen LogP contribution < -0.4 is 0 Å². The Hall–Kier alpha value is -1.25. The molecule has 1 aromatic carbocycles. The first-order valence-corrected chi connectivity index (χ1v) is 5.12. The Morgan fingerprint density at radius 3 is 2.67 bits per heavy atom. The van der Waals surface area contributed by atoms with E-state index in [-0.39, 0.29) is 0 Å². The second kappa shape index (κ2) is 4.09. The lowest BCUT2D eigenvalue weighted by Crippen LogP contribution is -1.98. The molecule has 0 amide bonds. The molecule has 0 radical (unpaired) electrons. The van der Waals surface area contributed by atoms with E-state index in [0.717, 1.165) is 16.7 Å². The van der Waals surface area contributed by atoms with Gasteiger partial charge in [0.25, 0.3) is 0 Å². The van der Waals surface area contributed by atoms with Crippen LogP contribution in [0.4, 0.5) is 0 Å². The van der Waals surface area contributed by atoms with E-state index < -0.39 is 6.10 Å². The minimum absolute atomic E-state index is 0.617. The molecular weight excluding hydrogens is 210 g/mol. The Morgan fingerprint density at radius 2 is 2.07 bits per heavy atom. The van der Waals surface area contributed by atoms with E-state index in [2.05, 4.69) is 4.98 Å². The summed E-state index contributed by atoms with van der Waals surface area (Å²) < 4.78 is 0. The van der Waals surface area contributed by atoms with Gasteiger partial charge >= 0.3 is 0 Å². The van der Waals surface area contributed by atoms with E-state index in [1.807, 2.05) is 25.1 Å². The zero-order valence-electron chi connectivity index (χ0n) is 8.37. The predicted molar refractivity (Wildman–Crippen MR) is 61.0 cm³/mol. The number of aromatic nitrogens is 1. The van der Waals surface area contributed by atoms with Gasteiger partial charge in [-0.1, -0.05) is 17.7 Å². The third-order valence-electron chi connectivity index (χ3n) is 2.32. The van der Waals surface area contributed by atoms with Gasteiger partial charge in [-0.2, -0.15) is 0 Å². The molecule has 1 heterocycles. The van der Waals surface area contributed by atoms with Crippen molar-refractivity contribution in [2.45, 2.75) is 13.0 Å². The molecule has 1 unspecified atom stereocenters. The molecular formula is C12H12ClNO. The van der Waals surface area contributed by atoms with Crippen LogP contribution in [0.25, 0.3) is 0 Å². The number of aromatic amines is 1. The monoisotopic (exact) mass is 221 g/mol. The van der Waals surface area contributed by atoms with Crippen molar-refractivity contribution in [3.05, 3.63) is 58.4 Å². The second-order valence-corrected chi connectivity index (χ2v) is 4.05. The Balaban J connectivity index is 2.37. The minimum atomic E-state index is -0.617. The van der Waals surface area contributed by atoms with Crippen LogP contribution in [-0.4, -0.2) is 10.1 Å². The molecule has 0 saturated heterocycles. The maximum Gasteiger partial charge on any atom is 0.106 e. The lowest BCUT2D eigenvalue weighted by molar-refractivity contribution is 0.220. The second-order valence-electron chi connectivity index (χ2n) is 3.61. The Morgan fingerprint density at radius 1 is 1.27 bits per heavy atom. The van der Waals surface area contributed by atoms with Gasteiger partial charge in [-0.3, -0.25) is 0 Å². The summed E-state index contributed by atoms with van der Waals surface area (Å²) in [5.41, 5.74) is 2.71. The van der Waals surface area contributed by atoms with Crippen molar-refractivity contribution in [1.29, 1.82) is 0 Å². The van der Waals surface area contributed by atoms with Crippen LogP contribution in [0.3, 0.4) is 0 Å². The summed E-state index contributed by atoms with van der Waals surface area (Å²) in [5, 5.41) is 10.7. The summed E-state index contributed by atoms with van der Waals surface area (Å²) in [5.74, 6) is 0. The van der Waals surface area contributed by atoms with Crippen LogP contribution in [0, 0.1) is 6.92 Å². The largest absolute Gasteiger partial charge is 0.384 e. The zero-order chi connectivity index (χ0) is 10.8. The molecule has 0 fully saturated rings. The van der Waals surface area contributed by atoms with E-state index in [0.29, 0.717) is 5.02 Å². The molecule has 0 aliphatic rings. The summed E-state index contributed by atoms with van der Waals surface area (Å²) in [6, 6.07) is 7.44. The Bertz CT molecular complexity index is 430. The van der Waals surface area contributed by atoms with Gasteiger partial charge < -0.3 is 10.1 Å². The third-order valence-corrected chi connectivity index (χ3v) is 2.54. The molecule has 78 valence electrons. The van der Waals surface area contributed by atoms with Crippen molar-refractivity contribution in [3.63, 3.8) is 0 Å². The van der Waals surface area contributed by atoms with Crippen LogP contribution in [0.1, 0.15) is 22.8 Å². The minimum Gasteiger partial charge on any atom is -0.384 e. The highest BCUT2D eigenvalue weighted by Gasteiger charge is 2.11. The molecule has 0 saturated carbocycles. The first kappa shape index (κ1) is 10.3. The number of rotatable bonds is 2. The van der Waals surface area contributed by atoms with Crippen LogP contribution >= 0.6 is 11.6 Å². The molecule has 2 rings (SSSR count). The molecule has 0 bridgehead atoms. The summed E-state index contributed by atoms with van der Waals surface area (Å²) in [7, 11) is 0. The number of nitrogens with one attached hydrogen (secondary N) is 1. The number of halogens is 1. The number of H-pyrrole nitrogens is 1. The van der Waals surface area contributed by atoms with E-state index in [1.54, 1.807) is 18.5 Å². The summed E-state index contributed by atoms with van der Waals surface area (Å²) in [6.45, 7) is 1.96. The molecule has 0 aliphatic heterocycles.